The number of aromatic nitrogens is 1. The highest BCUT2D eigenvalue weighted by molar-refractivity contribution is 5.81. The maximum absolute atomic E-state index is 4.39. The van der Waals surface area contributed by atoms with Gasteiger partial charge in [0.2, 0.25) is 0 Å². The number of aryl methyl sites for hydroxylation is 1. The minimum absolute atomic E-state index is 1.06. The summed E-state index contributed by atoms with van der Waals surface area (Å²) in [5.41, 5.74) is 3.47. The van der Waals surface area contributed by atoms with E-state index in [9.17, 15) is 0 Å². The molecule has 14 heavy (non-hydrogen) atoms. The summed E-state index contributed by atoms with van der Waals surface area (Å²) in [6, 6.07) is 8.49. The Balaban J connectivity index is 2.61. The summed E-state index contributed by atoms with van der Waals surface area (Å²) in [6.07, 6.45) is 6.03. The van der Waals surface area contributed by atoms with Gasteiger partial charge in [-0.05, 0) is 37.1 Å². The van der Waals surface area contributed by atoms with Crippen molar-refractivity contribution in [2.24, 2.45) is 0 Å². The monoisotopic (exact) mass is 183 g/mol. The molecule has 0 aliphatic heterocycles. The van der Waals surface area contributed by atoms with E-state index in [1.807, 2.05) is 19.2 Å². The number of benzene rings is 1. The molecule has 0 bridgehead atoms. The van der Waals surface area contributed by atoms with Crippen LogP contribution in [0.1, 0.15) is 18.1 Å². The van der Waals surface area contributed by atoms with Crippen LogP contribution in [0.5, 0.6) is 0 Å². The van der Waals surface area contributed by atoms with E-state index in [0.717, 1.165) is 5.52 Å². The number of hydrogen-bond acceptors (Lipinski definition) is 1. The van der Waals surface area contributed by atoms with Crippen LogP contribution < -0.4 is 0 Å². The quantitative estimate of drug-likeness (QED) is 0.658. The maximum atomic E-state index is 4.39. The summed E-state index contributed by atoms with van der Waals surface area (Å²) < 4.78 is 0. The molecular weight excluding hydrogens is 170 g/mol. The zero-order valence-corrected chi connectivity index (χ0v) is 8.49. The summed E-state index contributed by atoms with van der Waals surface area (Å²) in [4.78, 5) is 4.39. The van der Waals surface area contributed by atoms with E-state index >= 15 is 0 Å². The second kappa shape index (κ2) is 3.62. The Morgan fingerprint density at radius 3 is 2.86 bits per heavy atom. The molecule has 0 N–H and O–H groups in total. The van der Waals surface area contributed by atoms with Gasteiger partial charge in [-0.25, -0.2) is 0 Å². The molecule has 0 fully saturated rings. The van der Waals surface area contributed by atoms with Gasteiger partial charge >= 0.3 is 0 Å². The topological polar surface area (TPSA) is 12.9 Å². The standard InChI is InChI=1S/C13H13N/c1-3-4-11-5-6-12-7-10(2)9-14-13(12)8-11/h3-9H,1-2H3/b4-3+. The first-order chi connectivity index (χ1) is 6.79. The molecule has 0 saturated carbocycles. The van der Waals surface area contributed by atoms with Crippen LogP contribution in [0.15, 0.2) is 36.5 Å². The number of hydrogen-bond donors (Lipinski definition) is 0. The van der Waals surface area contributed by atoms with E-state index in [0.29, 0.717) is 0 Å². The molecule has 2 aromatic rings. The van der Waals surface area contributed by atoms with Gasteiger partial charge in [0.05, 0.1) is 5.52 Å². The van der Waals surface area contributed by atoms with Gasteiger partial charge in [0.1, 0.15) is 0 Å². The van der Waals surface area contributed by atoms with Crippen LogP contribution in [0.3, 0.4) is 0 Å². The molecule has 1 nitrogen and oxygen atoms in total. The molecule has 1 aromatic heterocycles. The summed E-state index contributed by atoms with van der Waals surface area (Å²) in [5.74, 6) is 0. The van der Waals surface area contributed by atoms with Gasteiger partial charge in [0, 0.05) is 11.6 Å². The van der Waals surface area contributed by atoms with Gasteiger partial charge in [-0.1, -0.05) is 24.3 Å². The molecule has 0 saturated heterocycles. The number of rotatable bonds is 1. The van der Waals surface area contributed by atoms with Crippen LogP contribution in [-0.2, 0) is 0 Å². The van der Waals surface area contributed by atoms with Gasteiger partial charge in [0.15, 0.2) is 0 Å². The third-order valence-electron chi connectivity index (χ3n) is 2.20. The maximum Gasteiger partial charge on any atom is 0.0708 e. The lowest BCUT2D eigenvalue weighted by Gasteiger charge is -1.99. The lowest BCUT2D eigenvalue weighted by Crippen LogP contribution is -1.81. The molecular formula is C13H13N. The SMILES string of the molecule is C/C=C/c1ccc2cc(C)cnc2c1. The van der Waals surface area contributed by atoms with Crippen molar-refractivity contribution in [3.63, 3.8) is 0 Å². The van der Waals surface area contributed by atoms with E-state index in [4.69, 9.17) is 0 Å². The van der Waals surface area contributed by atoms with Crippen molar-refractivity contribution in [2.45, 2.75) is 13.8 Å². The Hall–Kier alpha value is -1.63. The lowest BCUT2D eigenvalue weighted by atomic mass is 10.1. The summed E-state index contributed by atoms with van der Waals surface area (Å²) >= 11 is 0. The van der Waals surface area contributed by atoms with Gasteiger partial charge in [-0.2, -0.15) is 0 Å². The Morgan fingerprint density at radius 1 is 1.21 bits per heavy atom. The molecule has 0 radical (unpaired) electrons. The molecule has 1 heteroatoms. The smallest absolute Gasteiger partial charge is 0.0708 e. The Bertz CT molecular complexity index is 484. The fraction of sp³-hybridized carbons (Fsp3) is 0.154. The van der Waals surface area contributed by atoms with Crippen LogP contribution in [-0.4, -0.2) is 4.98 Å². The van der Waals surface area contributed by atoms with Crippen LogP contribution >= 0.6 is 0 Å². The molecule has 0 aliphatic rings. The van der Waals surface area contributed by atoms with E-state index < -0.39 is 0 Å². The van der Waals surface area contributed by atoms with E-state index in [1.165, 1.54) is 16.5 Å². The van der Waals surface area contributed by atoms with E-state index in [-0.39, 0.29) is 0 Å². The molecule has 0 amide bonds. The van der Waals surface area contributed by atoms with E-state index in [1.54, 1.807) is 0 Å². The first-order valence-corrected chi connectivity index (χ1v) is 4.79. The van der Waals surface area contributed by atoms with Gasteiger partial charge in [0.25, 0.3) is 0 Å². The predicted octanol–water partition coefficient (Wildman–Crippen LogP) is 3.58. The van der Waals surface area contributed by atoms with Crippen LogP contribution in [0.25, 0.3) is 17.0 Å². The molecule has 0 atom stereocenters. The second-order valence-electron chi connectivity index (χ2n) is 3.46. The average molecular weight is 183 g/mol. The highest BCUT2D eigenvalue weighted by Crippen LogP contribution is 2.15. The Kier molecular flexibility index (Phi) is 2.32. The zero-order chi connectivity index (χ0) is 9.97. The number of fused-ring (bicyclic) bond motifs is 1. The summed E-state index contributed by atoms with van der Waals surface area (Å²) in [5, 5.41) is 1.21. The molecule has 1 heterocycles. The van der Waals surface area contributed by atoms with Crippen molar-refractivity contribution in [1.82, 2.24) is 4.98 Å². The fourth-order valence-electron chi connectivity index (χ4n) is 1.54. The highest BCUT2D eigenvalue weighted by Gasteiger charge is 1.95. The zero-order valence-electron chi connectivity index (χ0n) is 8.49. The van der Waals surface area contributed by atoms with Crippen molar-refractivity contribution in [3.8, 4) is 0 Å². The van der Waals surface area contributed by atoms with Crippen LogP contribution in [0.2, 0.25) is 0 Å². The second-order valence-corrected chi connectivity index (χ2v) is 3.46. The third-order valence-corrected chi connectivity index (χ3v) is 2.20. The number of allylic oxidation sites excluding steroid dienone is 1. The number of nitrogens with zero attached hydrogens (tertiary/aromatic N) is 1. The Morgan fingerprint density at radius 2 is 2.07 bits per heavy atom. The fourth-order valence-corrected chi connectivity index (χ4v) is 1.54. The lowest BCUT2D eigenvalue weighted by molar-refractivity contribution is 1.33. The molecule has 0 spiro atoms. The molecule has 70 valence electrons. The van der Waals surface area contributed by atoms with Crippen molar-refractivity contribution in [3.05, 3.63) is 47.7 Å². The normalized spacial score (nSPS) is 11.3. The summed E-state index contributed by atoms with van der Waals surface area (Å²) in [7, 11) is 0. The van der Waals surface area contributed by atoms with Crippen LogP contribution in [0.4, 0.5) is 0 Å². The number of pyridine rings is 1. The molecule has 2 rings (SSSR count). The van der Waals surface area contributed by atoms with E-state index in [2.05, 4.69) is 42.2 Å². The van der Waals surface area contributed by atoms with Crippen LogP contribution in [0, 0.1) is 6.92 Å². The van der Waals surface area contributed by atoms with Crippen molar-refractivity contribution in [1.29, 1.82) is 0 Å². The van der Waals surface area contributed by atoms with Gasteiger partial charge in [-0.15, -0.1) is 0 Å². The first kappa shape index (κ1) is 8.95. The molecule has 0 unspecified atom stereocenters. The predicted molar refractivity (Wildman–Crippen MR) is 61.2 cm³/mol. The van der Waals surface area contributed by atoms with Crippen molar-refractivity contribution >= 4 is 17.0 Å². The largest absolute Gasteiger partial charge is 0.256 e. The van der Waals surface area contributed by atoms with Crippen molar-refractivity contribution in [2.75, 3.05) is 0 Å². The minimum Gasteiger partial charge on any atom is -0.256 e. The third kappa shape index (κ3) is 1.67. The average Bonchev–Trinajstić information content (AvgIpc) is 2.19. The van der Waals surface area contributed by atoms with Gasteiger partial charge in [-0.3, -0.25) is 4.98 Å². The minimum atomic E-state index is 1.06. The first-order valence-electron chi connectivity index (χ1n) is 4.79. The molecule has 0 aliphatic carbocycles. The molecule has 1 aromatic carbocycles. The van der Waals surface area contributed by atoms with Gasteiger partial charge < -0.3 is 0 Å². The summed E-state index contributed by atoms with van der Waals surface area (Å²) in [6.45, 7) is 4.08. The van der Waals surface area contributed by atoms with Crippen molar-refractivity contribution < 1.29 is 0 Å². The Labute approximate surface area is 84.1 Å². The highest BCUT2D eigenvalue weighted by atomic mass is 14.6.